The highest BCUT2D eigenvalue weighted by molar-refractivity contribution is 5.85. The smallest absolute Gasteiger partial charge is 0.411 e. The summed E-state index contributed by atoms with van der Waals surface area (Å²) in [7, 11) is 0. The molecule has 0 aromatic heterocycles. The molecule has 2 aromatic carbocycles. The monoisotopic (exact) mass is 368 g/mol. The van der Waals surface area contributed by atoms with Crippen molar-refractivity contribution in [3.63, 3.8) is 0 Å². The van der Waals surface area contributed by atoms with Gasteiger partial charge in [0.15, 0.2) is 0 Å². The van der Waals surface area contributed by atoms with Crippen molar-refractivity contribution in [3.8, 4) is 0 Å². The predicted molar refractivity (Wildman–Crippen MR) is 104 cm³/mol. The molecule has 6 heteroatoms. The molecule has 1 aliphatic carbocycles. The molecule has 2 amide bonds. The molecule has 6 nitrogen and oxygen atoms in total. The molecule has 1 fully saturated rings. The van der Waals surface area contributed by atoms with Gasteiger partial charge in [0.2, 0.25) is 0 Å². The van der Waals surface area contributed by atoms with E-state index >= 15 is 0 Å². The maximum atomic E-state index is 12.1. The molecule has 3 rings (SSSR count). The van der Waals surface area contributed by atoms with Crippen molar-refractivity contribution in [1.82, 2.24) is 0 Å². The normalized spacial score (nSPS) is 19.4. The molecule has 2 aromatic rings. The molecule has 0 aliphatic heterocycles. The van der Waals surface area contributed by atoms with E-state index in [0.717, 1.165) is 25.7 Å². The van der Waals surface area contributed by atoms with E-state index in [1.165, 1.54) is 0 Å². The van der Waals surface area contributed by atoms with Gasteiger partial charge in [0.1, 0.15) is 12.2 Å². The standard InChI is InChI=1S/C21H24N2O4/c24-20(22-16-9-3-1-4-10-16)26-18-13-7-8-14-19(15-18)27-21(25)23-17-11-5-2-6-12-17/h1-6,9-12,18-19H,7-8,13-15H2,(H,22,24)(H,23,25)/t18-,19-/m0/s1. The molecule has 2 N–H and O–H groups in total. The molecular weight excluding hydrogens is 344 g/mol. The zero-order chi connectivity index (χ0) is 18.9. The van der Waals surface area contributed by atoms with Crippen LogP contribution in [0.1, 0.15) is 32.1 Å². The van der Waals surface area contributed by atoms with Crippen molar-refractivity contribution in [1.29, 1.82) is 0 Å². The summed E-state index contributed by atoms with van der Waals surface area (Å²) in [4.78, 5) is 24.2. The number of rotatable bonds is 4. The second-order valence-corrected chi connectivity index (χ2v) is 6.56. The van der Waals surface area contributed by atoms with Crippen LogP contribution in [0.25, 0.3) is 0 Å². The van der Waals surface area contributed by atoms with Crippen LogP contribution in [0.5, 0.6) is 0 Å². The second-order valence-electron chi connectivity index (χ2n) is 6.56. The van der Waals surface area contributed by atoms with Gasteiger partial charge >= 0.3 is 12.2 Å². The lowest BCUT2D eigenvalue weighted by Gasteiger charge is -2.21. The molecule has 142 valence electrons. The lowest BCUT2D eigenvalue weighted by Crippen LogP contribution is -2.28. The van der Waals surface area contributed by atoms with Crippen molar-refractivity contribution in [2.75, 3.05) is 10.6 Å². The van der Waals surface area contributed by atoms with E-state index in [1.807, 2.05) is 36.4 Å². The van der Waals surface area contributed by atoms with Gasteiger partial charge in [-0.15, -0.1) is 0 Å². The Bertz CT molecular complexity index is 673. The number of ether oxygens (including phenoxy) is 2. The van der Waals surface area contributed by atoms with Gasteiger partial charge in [0.25, 0.3) is 0 Å². The average Bonchev–Trinajstić information content (AvgIpc) is 2.88. The maximum Gasteiger partial charge on any atom is 0.411 e. The number of anilines is 2. The largest absolute Gasteiger partial charge is 0.446 e. The first-order valence-electron chi connectivity index (χ1n) is 9.24. The molecule has 1 aliphatic rings. The first-order chi connectivity index (χ1) is 13.2. The summed E-state index contributed by atoms with van der Waals surface area (Å²) in [5.74, 6) is 0. The van der Waals surface area contributed by atoms with Gasteiger partial charge in [-0.05, 0) is 49.9 Å². The van der Waals surface area contributed by atoms with Gasteiger partial charge < -0.3 is 9.47 Å². The topological polar surface area (TPSA) is 76.7 Å². The van der Waals surface area contributed by atoms with Crippen molar-refractivity contribution in [3.05, 3.63) is 60.7 Å². The minimum absolute atomic E-state index is 0.272. The lowest BCUT2D eigenvalue weighted by atomic mass is 10.1. The van der Waals surface area contributed by atoms with Crippen LogP contribution in [0.3, 0.4) is 0 Å². The molecule has 0 saturated heterocycles. The third kappa shape index (κ3) is 6.33. The SMILES string of the molecule is O=C(Nc1ccccc1)O[C@H]1CCCC[C@H](OC(=O)Nc2ccccc2)C1. The highest BCUT2D eigenvalue weighted by atomic mass is 16.6. The summed E-state index contributed by atoms with van der Waals surface area (Å²) in [6.07, 6.45) is 2.39. The van der Waals surface area contributed by atoms with Gasteiger partial charge in [0.05, 0.1) is 0 Å². The Hall–Kier alpha value is -3.02. The summed E-state index contributed by atoms with van der Waals surface area (Å²) >= 11 is 0. The summed E-state index contributed by atoms with van der Waals surface area (Å²) in [5.41, 5.74) is 1.37. The van der Waals surface area contributed by atoms with Gasteiger partial charge in [-0.3, -0.25) is 10.6 Å². The van der Waals surface area contributed by atoms with Crippen LogP contribution in [0.4, 0.5) is 21.0 Å². The van der Waals surface area contributed by atoms with E-state index in [-0.39, 0.29) is 12.2 Å². The molecule has 0 heterocycles. The number of hydrogen-bond acceptors (Lipinski definition) is 4. The summed E-state index contributed by atoms with van der Waals surface area (Å²) in [6, 6.07) is 18.3. The van der Waals surface area contributed by atoms with E-state index in [1.54, 1.807) is 24.3 Å². The molecule has 0 unspecified atom stereocenters. The van der Waals surface area contributed by atoms with E-state index in [4.69, 9.17) is 9.47 Å². The number of benzene rings is 2. The summed E-state index contributed by atoms with van der Waals surface area (Å²) < 4.78 is 11.1. The van der Waals surface area contributed by atoms with E-state index in [2.05, 4.69) is 10.6 Å². The number of para-hydroxylation sites is 2. The number of hydrogen-bond donors (Lipinski definition) is 2. The number of nitrogens with one attached hydrogen (secondary N) is 2. The Balaban J connectivity index is 1.49. The molecule has 27 heavy (non-hydrogen) atoms. The molecule has 2 atom stereocenters. The van der Waals surface area contributed by atoms with Crippen molar-refractivity contribution in [2.45, 2.75) is 44.3 Å². The maximum absolute atomic E-state index is 12.1. The highest BCUT2D eigenvalue weighted by Gasteiger charge is 2.26. The van der Waals surface area contributed by atoms with E-state index < -0.39 is 12.2 Å². The number of carbonyl (C=O) groups is 2. The first kappa shape index (κ1) is 18.8. The fourth-order valence-corrected chi connectivity index (χ4v) is 3.13. The van der Waals surface area contributed by atoms with Crippen molar-refractivity contribution in [2.24, 2.45) is 0 Å². The molecule has 0 bridgehead atoms. The number of carbonyl (C=O) groups excluding carboxylic acids is 2. The minimum Gasteiger partial charge on any atom is -0.446 e. The van der Waals surface area contributed by atoms with Crippen LogP contribution >= 0.6 is 0 Å². The molecular formula is C21H24N2O4. The first-order valence-corrected chi connectivity index (χ1v) is 9.24. The van der Waals surface area contributed by atoms with Crippen molar-refractivity contribution >= 4 is 23.6 Å². The average molecular weight is 368 g/mol. The Morgan fingerprint density at radius 3 is 1.52 bits per heavy atom. The van der Waals surface area contributed by atoms with Gasteiger partial charge in [-0.1, -0.05) is 36.4 Å². The molecule has 0 radical (unpaired) electrons. The van der Waals surface area contributed by atoms with Crippen molar-refractivity contribution < 1.29 is 19.1 Å². The minimum atomic E-state index is -0.486. The van der Waals surface area contributed by atoms with Gasteiger partial charge in [-0.2, -0.15) is 0 Å². The van der Waals surface area contributed by atoms with Crippen LogP contribution in [0.2, 0.25) is 0 Å². The van der Waals surface area contributed by atoms with Crippen LogP contribution in [-0.4, -0.2) is 24.4 Å². The second kappa shape index (κ2) is 9.62. The Morgan fingerprint density at radius 1 is 0.704 bits per heavy atom. The highest BCUT2D eigenvalue weighted by Crippen LogP contribution is 2.24. The Kier molecular flexibility index (Phi) is 6.68. The number of amides is 2. The zero-order valence-corrected chi connectivity index (χ0v) is 15.1. The third-order valence-corrected chi connectivity index (χ3v) is 4.42. The van der Waals surface area contributed by atoms with Crippen LogP contribution in [0, 0.1) is 0 Å². The lowest BCUT2D eigenvalue weighted by molar-refractivity contribution is 0.0523. The summed E-state index contributed by atoms with van der Waals surface area (Å²) in [5, 5.41) is 5.43. The van der Waals surface area contributed by atoms with Crippen LogP contribution in [-0.2, 0) is 9.47 Å². The van der Waals surface area contributed by atoms with E-state index in [9.17, 15) is 9.59 Å². The Labute approximate surface area is 158 Å². The predicted octanol–water partition coefficient (Wildman–Crippen LogP) is 5.19. The quantitative estimate of drug-likeness (QED) is 0.729. The molecule has 1 saturated carbocycles. The fraction of sp³-hybridized carbons (Fsp3) is 0.333. The zero-order valence-electron chi connectivity index (χ0n) is 15.1. The third-order valence-electron chi connectivity index (χ3n) is 4.42. The summed E-state index contributed by atoms with van der Waals surface area (Å²) in [6.45, 7) is 0. The Morgan fingerprint density at radius 2 is 1.11 bits per heavy atom. The van der Waals surface area contributed by atoms with E-state index in [0.29, 0.717) is 17.8 Å². The van der Waals surface area contributed by atoms with Gasteiger partial charge in [0, 0.05) is 17.8 Å². The van der Waals surface area contributed by atoms with Gasteiger partial charge in [-0.25, -0.2) is 9.59 Å². The van der Waals surface area contributed by atoms with Crippen LogP contribution in [0.15, 0.2) is 60.7 Å². The fourth-order valence-electron chi connectivity index (χ4n) is 3.13. The van der Waals surface area contributed by atoms with Crippen LogP contribution < -0.4 is 10.6 Å². The molecule has 0 spiro atoms.